The molecule has 0 aliphatic rings. The largest absolute Gasteiger partial charge is 0.368 e. The summed E-state index contributed by atoms with van der Waals surface area (Å²) in [5.41, 5.74) is 2.17. The number of rotatable bonds is 5. The monoisotopic (exact) mass is 293 g/mol. The molecule has 0 aliphatic heterocycles. The Labute approximate surface area is 121 Å². The van der Waals surface area contributed by atoms with Gasteiger partial charge >= 0.3 is 0 Å². The van der Waals surface area contributed by atoms with Crippen LogP contribution < -0.4 is 10.6 Å². The molecule has 0 unspecified atom stereocenters. The molecule has 2 aromatic rings. The van der Waals surface area contributed by atoms with Gasteiger partial charge in [0.25, 0.3) is 5.91 Å². The lowest BCUT2D eigenvalue weighted by molar-refractivity contribution is 0.0947. The molecule has 1 amide bonds. The lowest BCUT2D eigenvalue weighted by Crippen LogP contribution is -2.24. The van der Waals surface area contributed by atoms with Gasteiger partial charge in [-0.1, -0.05) is 0 Å². The van der Waals surface area contributed by atoms with E-state index >= 15 is 0 Å². The number of aromatic nitrogens is 1. The molecule has 0 aromatic carbocycles. The maximum Gasteiger partial charge on any atom is 0.254 e. The van der Waals surface area contributed by atoms with Crippen molar-refractivity contribution < 1.29 is 9.18 Å². The second kappa shape index (κ2) is 6.47. The second-order valence-corrected chi connectivity index (χ2v) is 5.06. The third-order valence-electron chi connectivity index (χ3n) is 2.88. The average Bonchev–Trinajstić information content (AvgIpc) is 2.84. The van der Waals surface area contributed by atoms with Crippen LogP contribution in [0.4, 0.5) is 10.2 Å². The van der Waals surface area contributed by atoms with E-state index in [2.05, 4.69) is 15.6 Å². The average molecular weight is 293 g/mol. The first-order chi connectivity index (χ1) is 9.63. The Bertz CT molecular complexity index is 612. The molecule has 0 atom stereocenters. The molecule has 0 bridgehead atoms. The van der Waals surface area contributed by atoms with Crippen LogP contribution in [0.15, 0.2) is 23.0 Å². The molecule has 0 saturated carbocycles. The van der Waals surface area contributed by atoms with Gasteiger partial charge in [-0.2, -0.15) is 11.3 Å². The van der Waals surface area contributed by atoms with Crippen LogP contribution in [0, 0.1) is 12.7 Å². The molecule has 0 radical (unpaired) electrons. The van der Waals surface area contributed by atoms with Crippen LogP contribution in [-0.2, 0) is 6.54 Å². The number of amides is 1. The van der Waals surface area contributed by atoms with Crippen molar-refractivity contribution in [2.24, 2.45) is 0 Å². The molecular weight excluding hydrogens is 277 g/mol. The van der Waals surface area contributed by atoms with E-state index in [0.29, 0.717) is 13.1 Å². The molecule has 20 heavy (non-hydrogen) atoms. The maximum absolute atomic E-state index is 14.1. The molecular formula is C14H16FN3OS. The minimum absolute atomic E-state index is 0.00355. The van der Waals surface area contributed by atoms with Crippen molar-refractivity contribution in [3.63, 3.8) is 0 Å². The molecule has 106 valence electrons. The van der Waals surface area contributed by atoms with E-state index < -0.39 is 11.7 Å². The minimum atomic E-state index is -0.617. The number of nitrogens with zero attached hydrogens (tertiary/aromatic N) is 1. The Morgan fingerprint density at radius 2 is 2.25 bits per heavy atom. The van der Waals surface area contributed by atoms with Gasteiger partial charge in [0, 0.05) is 19.3 Å². The number of halogens is 1. The van der Waals surface area contributed by atoms with Crippen molar-refractivity contribution in [2.75, 3.05) is 11.9 Å². The number of nitrogens with one attached hydrogen (secondary N) is 2. The summed E-state index contributed by atoms with van der Waals surface area (Å²) in [6.07, 6.45) is 1.42. The minimum Gasteiger partial charge on any atom is -0.368 e. The van der Waals surface area contributed by atoms with E-state index in [1.54, 1.807) is 11.3 Å². The molecule has 0 saturated heterocycles. The van der Waals surface area contributed by atoms with Crippen LogP contribution in [-0.4, -0.2) is 17.4 Å². The molecule has 2 aromatic heterocycles. The summed E-state index contributed by atoms with van der Waals surface area (Å²) in [7, 11) is 0. The van der Waals surface area contributed by atoms with Crippen LogP contribution in [0.25, 0.3) is 0 Å². The number of pyridine rings is 1. The fourth-order valence-corrected chi connectivity index (χ4v) is 2.61. The number of hydrogen-bond donors (Lipinski definition) is 2. The number of carbonyl (C=O) groups is 1. The summed E-state index contributed by atoms with van der Waals surface area (Å²) in [6.45, 7) is 4.76. The zero-order valence-corrected chi connectivity index (χ0v) is 12.2. The summed E-state index contributed by atoms with van der Waals surface area (Å²) in [4.78, 5) is 15.9. The predicted octanol–water partition coefficient (Wildman–Crippen LogP) is 2.95. The van der Waals surface area contributed by atoms with Crippen LogP contribution in [0.3, 0.4) is 0 Å². The molecule has 2 N–H and O–H groups in total. The quantitative estimate of drug-likeness (QED) is 0.891. The standard InChI is InChI=1S/C14H16FN3OS/c1-3-16-13-12(15)11(4-5-17-13)14(19)18-6-10-8-20-7-9(10)2/h4-5,7-8H,3,6H2,1-2H3,(H,16,17)(H,18,19). The Balaban J connectivity index is 2.09. The summed E-state index contributed by atoms with van der Waals surface area (Å²) in [6, 6.07) is 1.38. The summed E-state index contributed by atoms with van der Waals surface area (Å²) >= 11 is 1.58. The van der Waals surface area contributed by atoms with Crippen molar-refractivity contribution in [3.8, 4) is 0 Å². The van der Waals surface area contributed by atoms with Gasteiger partial charge in [-0.15, -0.1) is 0 Å². The normalized spacial score (nSPS) is 10.3. The van der Waals surface area contributed by atoms with Gasteiger partial charge in [0.15, 0.2) is 11.6 Å². The van der Waals surface area contributed by atoms with E-state index in [9.17, 15) is 9.18 Å². The van der Waals surface area contributed by atoms with Crippen molar-refractivity contribution in [1.29, 1.82) is 0 Å². The third kappa shape index (κ3) is 3.14. The van der Waals surface area contributed by atoms with Crippen LogP contribution in [0.2, 0.25) is 0 Å². The fourth-order valence-electron chi connectivity index (χ4n) is 1.75. The van der Waals surface area contributed by atoms with Crippen LogP contribution in [0.1, 0.15) is 28.4 Å². The highest BCUT2D eigenvalue weighted by Crippen LogP contribution is 2.16. The van der Waals surface area contributed by atoms with E-state index in [0.717, 1.165) is 11.1 Å². The Hall–Kier alpha value is -1.95. The molecule has 0 aliphatic carbocycles. The zero-order chi connectivity index (χ0) is 14.5. The molecule has 2 rings (SSSR count). The van der Waals surface area contributed by atoms with E-state index in [1.807, 2.05) is 24.6 Å². The van der Waals surface area contributed by atoms with Crippen molar-refractivity contribution in [1.82, 2.24) is 10.3 Å². The molecule has 6 heteroatoms. The highest BCUT2D eigenvalue weighted by molar-refractivity contribution is 7.08. The summed E-state index contributed by atoms with van der Waals surface area (Å²) in [5, 5.41) is 9.50. The Morgan fingerprint density at radius 3 is 2.90 bits per heavy atom. The maximum atomic E-state index is 14.1. The number of aryl methyl sites for hydroxylation is 1. The van der Waals surface area contributed by atoms with E-state index in [-0.39, 0.29) is 11.4 Å². The first-order valence-corrected chi connectivity index (χ1v) is 7.26. The number of anilines is 1. The summed E-state index contributed by atoms with van der Waals surface area (Å²) in [5.74, 6) is -0.949. The van der Waals surface area contributed by atoms with Crippen LogP contribution in [0.5, 0.6) is 0 Å². The SMILES string of the molecule is CCNc1nccc(C(=O)NCc2cscc2C)c1F. The Morgan fingerprint density at radius 1 is 1.45 bits per heavy atom. The predicted molar refractivity (Wildman–Crippen MR) is 78.6 cm³/mol. The second-order valence-electron chi connectivity index (χ2n) is 4.31. The van der Waals surface area contributed by atoms with E-state index in [4.69, 9.17) is 0 Å². The van der Waals surface area contributed by atoms with Crippen molar-refractivity contribution in [3.05, 3.63) is 45.5 Å². The molecule has 4 nitrogen and oxygen atoms in total. The Kier molecular flexibility index (Phi) is 4.68. The van der Waals surface area contributed by atoms with Crippen molar-refractivity contribution in [2.45, 2.75) is 20.4 Å². The number of thiophene rings is 1. The van der Waals surface area contributed by atoms with Crippen molar-refractivity contribution >= 4 is 23.1 Å². The first kappa shape index (κ1) is 14.5. The molecule has 0 spiro atoms. The lowest BCUT2D eigenvalue weighted by Gasteiger charge is -2.09. The van der Waals surface area contributed by atoms with E-state index in [1.165, 1.54) is 12.3 Å². The van der Waals surface area contributed by atoms with Gasteiger partial charge in [0.05, 0.1) is 5.56 Å². The van der Waals surface area contributed by atoms with Gasteiger partial charge in [0.1, 0.15) is 0 Å². The highest BCUT2D eigenvalue weighted by Gasteiger charge is 2.15. The van der Waals surface area contributed by atoms with Gasteiger partial charge < -0.3 is 10.6 Å². The fraction of sp³-hybridized carbons (Fsp3) is 0.286. The van der Waals surface area contributed by atoms with Gasteiger partial charge in [-0.25, -0.2) is 9.37 Å². The zero-order valence-electron chi connectivity index (χ0n) is 11.4. The number of carbonyl (C=O) groups excluding carboxylic acids is 1. The molecule has 2 heterocycles. The summed E-state index contributed by atoms with van der Waals surface area (Å²) < 4.78 is 14.1. The smallest absolute Gasteiger partial charge is 0.254 e. The first-order valence-electron chi connectivity index (χ1n) is 6.31. The number of hydrogen-bond acceptors (Lipinski definition) is 4. The van der Waals surface area contributed by atoms with Gasteiger partial charge in [0.2, 0.25) is 0 Å². The highest BCUT2D eigenvalue weighted by atomic mass is 32.1. The lowest BCUT2D eigenvalue weighted by atomic mass is 10.2. The van der Waals surface area contributed by atoms with Crippen LogP contribution >= 0.6 is 11.3 Å². The topological polar surface area (TPSA) is 54.0 Å². The third-order valence-corrected chi connectivity index (χ3v) is 3.79. The van der Waals surface area contributed by atoms with Gasteiger partial charge in [-0.3, -0.25) is 4.79 Å². The van der Waals surface area contributed by atoms with Gasteiger partial charge in [-0.05, 0) is 41.8 Å². The molecule has 0 fully saturated rings.